The number of Topliss-reactive ketones (excluding diaryl/α,β-unsaturated/α-hetero) is 2. The Labute approximate surface area is 567 Å². The highest BCUT2D eigenvalue weighted by molar-refractivity contribution is 7.99. The van der Waals surface area contributed by atoms with Gasteiger partial charge in [-0.1, -0.05) is 59.9 Å². The summed E-state index contributed by atoms with van der Waals surface area (Å²) in [6, 6.07) is 21.3. The van der Waals surface area contributed by atoms with Gasteiger partial charge in [-0.3, -0.25) is 28.3 Å². The smallest absolute Gasteiger partial charge is 0.294 e. The van der Waals surface area contributed by atoms with E-state index in [9.17, 15) is 45.1 Å². The third-order valence-electron chi connectivity index (χ3n) is 15.0. The first-order chi connectivity index (χ1) is 46.0. The minimum Gasteiger partial charge on any atom is -0.378 e. The van der Waals surface area contributed by atoms with Crippen molar-refractivity contribution in [3.05, 3.63) is 100 Å². The fraction of sp³-hybridized carbons (Fsp3) is 0.371. The zero-order valence-corrected chi connectivity index (χ0v) is 57.8. The first kappa shape index (κ1) is 71.6. The first-order valence-electron chi connectivity index (χ1n) is 30.8. The van der Waals surface area contributed by atoms with Crippen LogP contribution in [0, 0.1) is 0 Å². The van der Waals surface area contributed by atoms with E-state index in [4.69, 9.17) is 44.6 Å². The van der Waals surface area contributed by atoms with Crippen LogP contribution in [0.1, 0.15) is 77.0 Å². The minimum atomic E-state index is -4.61. The number of anilines is 10. The molecule has 29 nitrogen and oxygen atoms in total. The molecule has 0 bridgehead atoms. The summed E-state index contributed by atoms with van der Waals surface area (Å²) in [5.74, 6) is -2.33. The van der Waals surface area contributed by atoms with Crippen LogP contribution in [0.4, 0.5) is 79.3 Å². The number of carbonyl (C=O) groups excluding carboxylic acids is 4. The molecule has 508 valence electrons. The second kappa shape index (κ2) is 32.8. The second-order valence-electron chi connectivity index (χ2n) is 21.5. The Morgan fingerprint density at radius 3 is 1.60 bits per heavy atom. The lowest BCUT2D eigenvalue weighted by Crippen LogP contribution is -2.38. The number of hydrogen-bond acceptors (Lipinski definition) is 28. The van der Waals surface area contributed by atoms with Gasteiger partial charge in [0.25, 0.3) is 26.1 Å². The lowest BCUT2D eigenvalue weighted by Gasteiger charge is -2.28. The lowest BCUT2D eigenvalue weighted by atomic mass is 10.0. The van der Waals surface area contributed by atoms with Crippen molar-refractivity contribution in [3.8, 4) is 0 Å². The number of thioether (sulfide) groups is 1. The number of ether oxygens (including phenoxy) is 2. The van der Waals surface area contributed by atoms with E-state index in [2.05, 4.69) is 48.2 Å². The predicted octanol–water partition coefficient (Wildman–Crippen LogP) is 11.8. The fourth-order valence-electron chi connectivity index (χ4n) is 10.1. The summed E-state index contributed by atoms with van der Waals surface area (Å²) in [6.07, 6.45) is 3.21. The summed E-state index contributed by atoms with van der Waals surface area (Å²) >= 11 is 3.53. The molecule has 96 heavy (non-hydrogen) atoms. The van der Waals surface area contributed by atoms with E-state index < -0.39 is 59.3 Å². The van der Waals surface area contributed by atoms with E-state index in [0.29, 0.717) is 129 Å². The van der Waals surface area contributed by atoms with Crippen molar-refractivity contribution in [2.24, 2.45) is 20.5 Å². The van der Waals surface area contributed by atoms with Crippen LogP contribution in [0.3, 0.4) is 0 Å². The van der Waals surface area contributed by atoms with Crippen molar-refractivity contribution >= 4 is 163 Å². The summed E-state index contributed by atoms with van der Waals surface area (Å²) in [6.45, 7) is 18.7. The molecule has 0 aliphatic carbocycles. The van der Waals surface area contributed by atoms with Crippen LogP contribution >= 0.6 is 34.4 Å². The Hall–Kier alpha value is -8.74. The van der Waals surface area contributed by atoms with Crippen LogP contribution in [0.5, 0.6) is 0 Å². The summed E-state index contributed by atoms with van der Waals surface area (Å²) in [7, 11) is -9.20. The number of amides is 2. The molecule has 5 heterocycles. The second-order valence-corrected chi connectivity index (χ2v) is 27.5. The quantitative estimate of drug-likeness (QED) is 0.00463. The number of aromatic nitrogens is 5. The third kappa shape index (κ3) is 18.6. The van der Waals surface area contributed by atoms with Gasteiger partial charge in [0.1, 0.15) is 34.7 Å². The van der Waals surface area contributed by atoms with Gasteiger partial charge in [-0.25, -0.2) is 0 Å². The average molecular weight is 1410 g/mol. The van der Waals surface area contributed by atoms with Crippen molar-refractivity contribution in [1.82, 2.24) is 24.9 Å². The Morgan fingerprint density at radius 1 is 0.635 bits per heavy atom. The largest absolute Gasteiger partial charge is 0.378 e. The molecule has 1 atom stereocenters. The molecule has 7 aromatic rings. The van der Waals surface area contributed by atoms with Crippen LogP contribution in [0.15, 0.2) is 126 Å². The molecule has 34 heteroatoms. The maximum atomic E-state index is 14.1. The zero-order valence-electron chi connectivity index (χ0n) is 53.7. The van der Waals surface area contributed by atoms with Crippen molar-refractivity contribution in [3.63, 3.8) is 0 Å². The van der Waals surface area contributed by atoms with Gasteiger partial charge in [-0.15, -0.1) is 20.5 Å². The molecular weight excluding hydrogens is 1340 g/mol. The van der Waals surface area contributed by atoms with Gasteiger partial charge in [-0.05, 0) is 127 Å². The molecule has 2 aliphatic rings. The molecule has 2 aliphatic heterocycles. The maximum absolute atomic E-state index is 14.1. The maximum Gasteiger partial charge on any atom is 0.294 e. The van der Waals surface area contributed by atoms with Crippen LogP contribution in [-0.2, 0) is 48.9 Å². The summed E-state index contributed by atoms with van der Waals surface area (Å²) in [5, 5.41) is 31.5. The van der Waals surface area contributed by atoms with Gasteiger partial charge >= 0.3 is 0 Å². The summed E-state index contributed by atoms with van der Waals surface area (Å²) in [4.78, 5) is 87.0. The van der Waals surface area contributed by atoms with Crippen LogP contribution < -0.4 is 40.9 Å². The van der Waals surface area contributed by atoms with Gasteiger partial charge < -0.3 is 50.3 Å². The monoisotopic (exact) mass is 1410 g/mol. The number of hydrogen-bond donors (Lipinski definition) is 6. The first-order valence-corrected chi connectivity index (χ1v) is 36.3. The molecule has 3 aromatic heterocycles. The highest BCUT2D eigenvalue weighted by Crippen LogP contribution is 2.42. The molecule has 2 fully saturated rings. The van der Waals surface area contributed by atoms with E-state index in [-0.39, 0.29) is 44.0 Å². The Balaban J connectivity index is 1.07. The van der Waals surface area contributed by atoms with Gasteiger partial charge in [-0.2, -0.15) is 41.8 Å². The normalized spacial score (nSPS) is 14.2. The fourth-order valence-corrected chi connectivity index (χ4v) is 14.0. The minimum absolute atomic E-state index is 0.0307. The van der Waals surface area contributed by atoms with E-state index in [1.165, 1.54) is 68.1 Å². The highest BCUT2D eigenvalue weighted by atomic mass is 32.2. The number of rotatable bonds is 30. The number of nitrogens with zero attached hydrogens (tertiary/aromatic N) is 13. The van der Waals surface area contributed by atoms with Gasteiger partial charge in [0.05, 0.1) is 62.9 Å². The van der Waals surface area contributed by atoms with Gasteiger partial charge in [0.15, 0.2) is 10.9 Å². The molecule has 0 radical (unpaired) electrons. The highest BCUT2D eigenvalue weighted by Gasteiger charge is 2.34. The SMILES string of the molecule is CCCCSc1nc(Nc2cc(N(CC)CC)ccc2/N=N/c2nc(N3CCOCC3)c(/C=C(\C(C)=O)C(=O)Nc3cccc(S(=O)(=O)O)c3)s2)nc(Nc2cc(N(CC)CC)ccc2/N=N/c2nc(N3CCOCC3)c(C(C(C)=O)C(=O)Nc3cccc(S(=O)(=O)O)c3)s2)n1. The van der Waals surface area contributed by atoms with Crippen molar-refractivity contribution in [2.75, 3.05) is 125 Å². The van der Waals surface area contributed by atoms with Crippen LogP contribution in [0.25, 0.3) is 6.08 Å². The standard InChI is InChI=1S/C62H73N17O12S5/c1-8-13-32-92-60-70-58(65-49-35-42(76(9-2)10-3)20-22-47(49)72-74-61-67-54(78-24-28-90-29-25-78)51(93-61)37-46(38(6)80)56(82)63-40-16-14-18-44(33-40)95(84,85)86)69-59(71-60)66-50-36-43(77(11-4)12-5)21-23-48(50)73-75-62-68-55(79-26-30-91-31-27-79)53(94-62)52(39(7)81)57(83)64-41-17-15-19-45(34-41)96(87,88)89/h14-23,33-37,52H,8-13,24-32H2,1-7H3,(H,63,82)(H,64,83)(H,84,85,86)(H,87,88,89)(H2,65,66,69,70,71)/b46-37+,74-72+,75-73+. The van der Waals surface area contributed by atoms with Crippen molar-refractivity contribution in [2.45, 2.75) is 82.2 Å². The van der Waals surface area contributed by atoms with E-state index in [1.807, 2.05) is 61.8 Å². The van der Waals surface area contributed by atoms with E-state index >= 15 is 0 Å². The zero-order chi connectivity index (χ0) is 68.7. The number of unbranched alkanes of at least 4 members (excludes halogenated alkanes) is 1. The Kier molecular flexibility index (Phi) is 24.4. The number of carbonyl (C=O) groups is 4. The van der Waals surface area contributed by atoms with Crippen LogP contribution in [-0.4, -0.2) is 159 Å². The van der Waals surface area contributed by atoms with Gasteiger partial charge in [0, 0.05) is 80.9 Å². The molecule has 0 saturated carbocycles. The Bertz CT molecular complexity index is 4300. The molecule has 0 spiro atoms. The average Bonchev–Trinajstić information content (AvgIpc) is 1.60. The number of thiazole rings is 2. The molecule has 9 rings (SSSR count). The molecule has 2 saturated heterocycles. The number of nitrogens with one attached hydrogen (secondary N) is 4. The summed E-state index contributed by atoms with van der Waals surface area (Å²) in [5.41, 5.74) is 3.17. The molecular formula is C62H73N17O12S5. The molecule has 1 unspecified atom stereocenters. The Morgan fingerprint density at radius 2 is 1.12 bits per heavy atom. The number of benzene rings is 4. The van der Waals surface area contributed by atoms with Gasteiger partial charge in [0.2, 0.25) is 28.1 Å². The topological polar surface area (TPSA) is 370 Å². The molecule has 6 N–H and O–H groups in total. The lowest BCUT2D eigenvalue weighted by molar-refractivity contribution is -0.126. The molecule has 2 amide bonds. The van der Waals surface area contributed by atoms with E-state index in [0.717, 1.165) is 59.0 Å². The predicted molar refractivity (Wildman–Crippen MR) is 373 cm³/mol. The number of morpholine rings is 2. The van der Waals surface area contributed by atoms with Crippen molar-refractivity contribution < 1.29 is 54.6 Å². The van der Waals surface area contributed by atoms with E-state index in [1.54, 1.807) is 12.1 Å². The third-order valence-corrected chi connectivity index (χ3v) is 19.5. The summed E-state index contributed by atoms with van der Waals surface area (Å²) < 4.78 is 78.3. The van der Waals surface area contributed by atoms with Crippen LogP contribution in [0.2, 0.25) is 0 Å². The van der Waals surface area contributed by atoms with Crippen molar-refractivity contribution in [1.29, 1.82) is 0 Å². The number of azo groups is 2. The molecule has 4 aromatic carbocycles. The number of ketones is 2.